The molecule has 4 N–H and O–H groups in total. The molecule has 6 fully saturated rings. The van der Waals surface area contributed by atoms with E-state index in [2.05, 4.69) is 68.2 Å². The lowest BCUT2D eigenvalue weighted by molar-refractivity contribution is -0.143. The number of nitrogens with zero attached hydrogens (tertiary/aromatic N) is 8. The molecule has 6 aliphatic heterocycles. The van der Waals surface area contributed by atoms with Crippen molar-refractivity contribution < 1.29 is 65.1 Å². The minimum atomic E-state index is -4.27. The summed E-state index contributed by atoms with van der Waals surface area (Å²) in [5, 5.41) is 22.9. The first kappa shape index (κ1) is 77.6. The van der Waals surface area contributed by atoms with Gasteiger partial charge in [0, 0.05) is 93.3 Å². The number of ether oxygens (including phenoxy) is 3. The number of alkyl halides is 3. The van der Waals surface area contributed by atoms with Gasteiger partial charge in [-0.3, -0.25) is 0 Å². The van der Waals surface area contributed by atoms with Gasteiger partial charge in [-0.15, -0.1) is 0 Å². The van der Waals surface area contributed by atoms with Gasteiger partial charge in [-0.1, -0.05) is 68.9 Å². The van der Waals surface area contributed by atoms with Crippen molar-refractivity contribution >= 4 is 95.4 Å². The molecule has 0 aliphatic carbocycles. The zero-order chi connectivity index (χ0) is 70.1. The maximum absolute atomic E-state index is 14.8. The molecule has 96 heavy (non-hydrogen) atoms. The van der Waals surface area contributed by atoms with Crippen LogP contribution in [0.3, 0.4) is 0 Å². The molecular formula is C67H92B2Cl3F5N10O9. The van der Waals surface area contributed by atoms with Gasteiger partial charge in [0.05, 0.1) is 62.2 Å². The van der Waals surface area contributed by atoms with Crippen LogP contribution in [-0.2, 0) is 36.4 Å². The molecule has 4 amide bonds. The largest absolute Gasteiger partial charge is 0.495 e. The summed E-state index contributed by atoms with van der Waals surface area (Å²) in [6.45, 7) is 30.3. The molecule has 6 aliphatic rings. The van der Waals surface area contributed by atoms with Crippen molar-refractivity contribution in [3.63, 3.8) is 0 Å². The molecule has 526 valence electrons. The summed E-state index contributed by atoms with van der Waals surface area (Å²) in [5.41, 5.74) is 4.94. The maximum Gasteiger partial charge on any atom is 0.495 e. The summed E-state index contributed by atoms with van der Waals surface area (Å²) in [5.74, 6) is 1.56. The van der Waals surface area contributed by atoms with E-state index in [-0.39, 0.29) is 36.9 Å². The van der Waals surface area contributed by atoms with Crippen LogP contribution in [0.4, 0.5) is 60.4 Å². The van der Waals surface area contributed by atoms with E-state index in [0.717, 1.165) is 155 Å². The molecule has 19 nitrogen and oxygen atoms in total. The molecule has 2 atom stereocenters. The van der Waals surface area contributed by atoms with E-state index in [1.807, 2.05) is 52.8 Å². The van der Waals surface area contributed by atoms with Crippen LogP contribution < -0.4 is 30.8 Å². The average Bonchev–Trinajstić information content (AvgIpc) is 1.56. The van der Waals surface area contributed by atoms with Crippen molar-refractivity contribution in [2.24, 2.45) is 11.8 Å². The Labute approximate surface area is 577 Å². The number of halogens is 8. The van der Waals surface area contributed by atoms with Gasteiger partial charge < -0.3 is 68.7 Å². The summed E-state index contributed by atoms with van der Waals surface area (Å²) in [6, 6.07) is 16.6. The van der Waals surface area contributed by atoms with Crippen LogP contribution in [0.1, 0.15) is 104 Å². The number of urea groups is 2. The zero-order valence-electron chi connectivity index (χ0n) is 56.7. The molecule has 5 aromatic rings. The zero-order valence-corrected chi connectivity index (χ0v) is 59.0. The minimum Gasteiger partial charge on any atom is -0.427 e. The maximum atomic E-state index is 14.8. The highest BCUT2D eigenvalue weighted by atomic mass is 35.5. The number of nitrogens with one attached hydrogen (secondary N) is 2. The van der Waals surface area contributed by atoms with Crippen LogP contribution in [0.15, 0.2) is 60.7 Å². The highest BCUT2D eigenvalue weighted by Gasteiger charge is 2.52. The van der Waals surface area contributed by atoms with Crippen molar-refractivity contribution in [1.29, 1.82) is 0 Å². The first-order chi connectivity index (χ1) is 45.5. The number of hydrogen-bond acceptors (Lipinski definition) is 15. The van der Waals surface area contributed by atoms with Crippen LogP contribution in [0.5, 0.6) is 0 Å². The smallest absolute Gasteiger partial charge is 0.427 e. The molecule has 2 aromatic carbocycles. The van der Waals surface area contributed by atoms with Crippen LogP contribution in [0.25, 0.3) is 11.1 Å². The van der Waals surface area contributed by atoms with Crippen LogP contribution in [0, 0.1) is 37.3 Å². The summed E-state index contributed by atoms with van der Waals surface area (Å²) in [6.07, 6.45) is -0.727. The summed E-state index contributed by atoms with van der Waals surface area (Å²) in [4.78, 5) is 48.4. The van der Waals surface area contributed by atoms with Gasteiger partial charge in [-0.05, 0) is 174 Å². The molecule has 9 heterocycles. The summed E-state index contributed by atoms with van der Waals surface area (Å²) < 4.78 is 95.1. The number of anilines is 5. The number of rotatable bonds is 12. The third-order valence-corrected chi connectivity index (χ3v) is 18.4. The lowest BCUT2D eigenvalue weighted by Gasteiger charge is -2.32. The van der Waals surface area contributed by atoms with E-state index in [1.54, 1.807) is 30.9 Å². The van der Waals surface area contributed by atoms with Crippen molar-refractivity contribution in [2.45, 2.75) is 131 Å². The SMILES string of the molecule is CCB(O)O.CCc1cc(-c2cc(NC(=O)N3CC[C@@H](CC)C3)c(F)cc2C)cc(N2CCOCC2)n1.CCc1cc(Cl)cc(N2CCOCC2)n1.Cc1cc(F)c(NC(=O)N2CC[C@@H](CC(F)(F)F)C2)cc1B1OC(C)(C)C(C)(C)O1.Clc1cc(Cl)nc(N2CCOCC2)c1. The normalized spacial score (nSPS) is 19.0. The van der Waals surface area contributed by atoms with Crippen LogP contribution in [-0.4, -0.2) is 184 Å². The van der Waals surface area contributed by atoms with E-state index >= 15 is 0 Å². The topological polar surface area (TPSA) is 200 Å². The van der Waals surface area contributed by atoms with Crippen LogP contribution >= 0.6 is 34.8 Å². The summed E-state index contributed by atoms with van der Waals surface area (Å²) in [7, 11) is -1.84. The van der Waals surface area contributed by atoms with Crippen molar-refractivity contribution in [3.8, 4) is 11.1 Å². The molecule has 0 unspecified atom stereocenters. The number of aromatic nitrogens is 3. The van der Waals surface area contributed by atoms with E-state index in [0.29, 0.717) is 46.7 Å². The van der Waals surface area contributed by atoms with E-state index in [4.69, 9.17) is 73.4 Å². The Morgan fingerprint density at radius 3 is 1.48 bits per heavy atom. The lowest BCUT2D eigenvalue weighted by Crippen LogP contribution is -2.41. The molecule has 0 bridgehead atoms. The monoisotopic (exact) mass is 1400 g/mol. The Hall–Kier alpha value is -5.80. The molecule has 3 aromatic heterocycles. The Morgan fingerprint density at radius 2 is 1.03 bits per heavy atom. The van der Waals surface area contributed by atoms with Gasteiger partial charge >= 0.3 is 32.5 Å². The third kappa shape index (κ3) is 22.6. The number of aryl methyl sites for hydroxylation is 4. The second kappa shape index (κ2) is 35.8. The highest BCUT2D eigenvalue weighted by molar-refractivity contribution is 6.62. The van der Waals surface area contributed by atoms with E-state index in [1.165, 1.54) is 23.1 Å². The van der Waals surface area contributed by atoms with Crippen LogP contribution in [0.2, 0.25) is 21.5 Å². The van der Waals surface area contributed by atoms with Gasteiger partial charge in [-0.25, -0.2) is 33.3 Å². The Bertz CT molecular complexity index is 3330. The van der Waals surface area contributed by atoms with Gasteiger partial charge in [-0.2, -0.15) is 13.2 Å². The van der Waals surface area contributed by atoms with E-state index < -0.39 is 61.6 Å². The number of morpholine rings is 3. The molecule has 6 saturated heterocycles. The van der Waals surface area contributed by atoms with Crippen molar-refractivity contribution in [3.05, 3.63) is 110 Å². The second-order valence-electron chi connectivity index (χ2n) is 25.4. The fourth-order valence-corrected chi connectivity index (χ4v) is 12.0. The Balaban J connectivity index is 0.000000186. The first-order valence-corrected chi connectivity index (χ1v) is 34.1. The number of pyridine rings is 3. The lowest BCUT2D eigenvalue weighted by atomic mass is 9.76. The second-order valence-corrected chi connectivity index (χ2v) is 26.7. The van der Waals surface area contributed by atoms with Crippen molar-refractivity contribution in [2.75, 3.05) is 130 Å². The standard InChI is InChI=1S/C25H33FN4O2.C20H27BF4N2O3.C11H15ClN2O.C9H10Cl2N2O.C2H7BO2/c1-4-18-6-7-30(16-18)25(31)28-23-15-21(17(3)12-22(23)26)19-13-20(5-2)27-24(14-19)29-8-10-32-11-9-29;1-12-8-15(22)16(9-14(12)21-29-18(2,3)19(4,5)30-21)26-17(28)27-7-6-13(11-27)10-20(23,24)25;1-2-10-7-9(12)8-11(13-10)14-3-5-15-6-4-14;10-7-5-8(11)12-9(6-7)13-1-3-14-4-2-13;1-2-3(4)5/h12-15,18H,4-11,16H2,1-3H3,(H,28,31);8-9,13H,6-7,10-11H2,1-5H3,(H,26,28);7-8H,2-6H2,1H3;5-6H,1-4H2;4-5H,2H2,1H3/t18-;13-;;;/m10.../s1. The quantitative estimate of drug-likeness (QED) is 0.0522. The molecule has 0 saturated carbocycles. The fraction of sp³-hybridized carbons (Fsp3) is 0.567. The number of carbonyl (C=O) groups is 2. The number of carbonyl (C=O) groups excluding carboxylic acids is 2. The highest BCUT2D eigenvalue weighted by Crippen LogP contribution is 2.38. The van der Waals surface area contributed by atoms with Gasteiger partial charge in [0.25, 0.3) is 0 Å². The molecule has 11 rings (SSSR count). The molecular weight excluding hydrogens is 1310 g/mol. The minimum absolute atomic E-state index is 0.0110. The first-order valence-electron chi connectivity index (χ1n) is 33.0. The van der Waals surface area contributed by atoms with Gasteiger partial charge in [0.15, 0.2) is 0 Å². The number of likely N-dealkylation sites (tertiary alicyclic amines) is 2. The number of hydrogen-bond donors (Lipinski definition) is 4. The summed E-state index contributed by atoms with van der Waals surface area (Å²) >= 11 is 17.8. The average molecular weight is 1400 g/mol. The Morgan fingerprint density at radius 1 is 0.604 bits per heavy atom. The Kier molecular flexibility index (Phi) is 28.9. The van der Waals surface area contributed by atoms with Gasteiger partial charge in [0.2, 0.25) is 0 Å². The van der Waals surface area contributed by atoms with Crippen molar-refractivity contribution in [1.82, 2.24) is 24.8 Å². The predicted molar refractivity (Wildman–Crippen MR) is 372 cm³/mol. The predicted octanol–water partition coefficient (Wildman–Crippen LogP) is 12.9. The van der Waals surface area contributed by atoms with E-state index in [9.17, 15) is 31.5 Å². The number of benzene rings is 2. The molecule has 29 heteroatoms. The third-order valence-electron chi connectivity index (χ3n) is 17.7. The number of amides is 4. The molecule has 0 spiro atoms. The molecule has 0 radical (unpaired) electrons. The fourth-order valence-electron chi connectivity index (χ4n) is 11.3. The van der Waals surface area contributed by atoms with Gasteiger partial charge in [0.1, 0.15) is 34.2 Å².